The predicted molar refractivity (Wildman–Crippen MR) is 70.3 cm³/mol. The van der Waals surface area contributed by atoms with Gasteiger partial charge in [-0.3, -0.25) is 4.79 Å². The fraction of sp³-hybridized carbons (Fsp3) is 0.0714. The third kappa shape index (κ3) is 2.76. The van der Waals surface area contributed by atoms with Gasteiger partial charge in [-0.15, -0.1) is 0 Å². The second kappa shape index (κ2) is 5.78. The zero-order valence-corrected chi connectivity index (χ0v) is 11.0. The van der Waals surface area contributed by atoms with E-state index in [0.717, 1.165) is 5.56 Å². The lowest BCUT2D eigenvalue weighted by Gasteiger charge is -2.09. The van der Waals surface area contributed by atoms with Crippen LogP contribution in [0.1, 0.15) is 15.9 Å². The number of carbonyl (C=O) groups is 1. The van der Waals surface area contributed by atoms with Crippen LogP contribution in [0.25, 0.3) is 0 Å². The molecule has 0 fully saturated rings. The van der Waals surface area contributed by atoms with Crippen LogP contribution in [-0.2, 0) is 6.61 Å². The lowest BCUT2D eigenvalue weighted by atomic mass is 10.2. The van der Waals surface area contributed by atoms with E-state index in [2.05, 4.69) is 15.9 Å². The van der Waals surface area contributed by atoms with Gasteiger partial charge in [-0.25, -0.2) is 4.39 Å². The van der Waals surface area contributed by atoms with Gasteiger partial charge in [0.1, 0.15) is 12.4 Å². The molecule has 0 aromatic heterocycles. The van der Waals surface area contributed by atoms with Gasteiger partial charge in [0.15, 0.2) is 12.1 Å². The number of hydrogen-bond donors (Lipinski definition) is 0. The quantitative estimate of drug-likeness (QED) is 0.799. The van der Waals surface area contributed by atoms with Crippen molar-refractivity contribution in [3.05, 3.63) is 63.9 Å². The Kier molecular flexibility index (Phi) is 4.10. The number of halogens is 2. The Morgan fingerprint density at radius 2 is 1.89 bits per heavy atom. The van der Waals surface area contributed by atoms with E-state index in [4.69, 9.17) is 4.74 Å². The van der Waals surface area contributed by atoms with Crippen molar-refractivity contribution in [1.29, 1.82) is 0 Å². The largest absolute Gasteiger partial charge is 0.488 e. The molecule has 2 rings (SSSR count). The van der Waals surface area contributed by atoms with Crippen LogP contribution in [0.15, 0.2) is 46.9 Å². The monoisotopic (exact) mass is 308 g/mol. The Hall–Kier alpha value is -1.68. The minimum absolute atomic E-state index is 0.0692. The molecule has 4 heteroatoms. The fourth-order valence-corrected chi connectivity index (χ4v) is 1.87. The lowest BCUT2D eigenvalue weighted by Crippen LogP contribution is -2.00. The van der Waals surface area contributed by atoms with Crippen molar-refractivity contribution in [2.45, 2.75) is 6.61 Å². The summed E-state index contributed by atoms with van der Waals surface area (Å²) in [7, 11) is 0. The van der Waals surface area contributed by atoms with Gasteiger partial charge in [0, 0.05) is 0 Å². The first-order chi connectivity index (χ1) is 8.72. The molecule has 2 aromatic carbocycles. The molecule has 0 bridgehead atoms. The maximum Gasteiger partial charge on any atom is 0.156 e. The maximum atomic E-state index is 13.6. The van der Waals surface area contributed by atoms with Gasteiger partial charge in [0.05, 0.1) is 10.0 Å². The van der Waals surface area contributed by atoms with Gasteiger partial charge in [-0.2, -0.15) is 0 Å². The van der Waals surface area contributed by atoms with E-state index in [0.29, 0.717) is 12.9 Å². The predicted octanol–water partition coefficient (Wildman–Crippen LogP) is 3.98. The van der Waals surface area contributed by atoms with Gasteiger partial charge in [-0.1, -0.05) is 30.3 Å². The first-order valence-electron chi connectivity index (χ1n) is 5.32. The van der Waals surface area contributed by atoms with Crippen LogP contribution in [-0.4, -0.2) is 6.29 Å². The highest BCUT2D eigenvalue weighted by Gasteiger charge is 2.12. The van der Waals surface area contributed by atoms with Crippen LogP contribution in [0.2, 0.25) is 0 Å². The van der Waals surface area contributed by atoms with Crippen molar-refractivity contribution in [3.63, 3.8) is 0 Å². The first-order valence-corrected chi connectivity index (χ1v) is 6.11. The summed E-state index contributed by atoms with van der Waals surface area (Å²) in [6, 6.07) is 12.6. The Balaban J connectivity index is 2.20. The minimum Gasteiger partial charge on any atom is -0.488 e. The van der Waals surface area contributed by atoms with Gasteiger partial charge < -0.3 is 4.74 Å². The zero-order chi connectivity index (χ0) is 13.0. The molecular weight excluding hydrogens is 299 g/mol. The van der Waals surface area contributed by atoms with Gasteiger partial charge in [0.2, 0.25) is 0 Å². The van der Waals surface area contributed by atoms with Crippen LogP contribution in [0, 0.1) is 5.82 Å². The molecule has 0 saturated heterocycles. The Labute approximate surface area is 113 Å². The van der Waals surface area contributed by atoms with Crippen LogP contribution >= 0.6 is 15.9 Å². The highest BCUT2D eigenvalue weighted by Crippen LogP contribution is 2.26. The summed E-state index contributed by atoms with van der Waals surface area (Å²) >= 11 is 3.03. The van der Waals surface area contributed by atoms with Crippen molar-refractivity contribution < 1.29 is 13.9 Å². The number of hydrogen-bond acceptors (Lipinski definition) is 2. The summed E-state index contributed by atoms with van der Waals surface area (Å²) in [6.45, 7) is 0.294. The second-order valence-corrected chi connectivity index (χ2v) is 4.52. The molecule has 0 aliphatic rings. The molecule has 0 N–H and O–H groups in total. The number of ether oxygens (including phenoxy) is 1. The van der Waals surface area contributed by atoms with Crippen molar-refractivity contribution in [2.75, 3.05) is 0 Å². The molecule has 0 saturated carbocycles. The molecule has 0 aliphatic carbocycles. The number of aldehydes is 1. The van der Waals surface area contributed by atoms with E-state index in [-0.39, 0.29) is 15.8 Å². The zero-order valence-electron chi connectivity index (χ0n) is 9.40. The number of benzene rings is 2. The highest BCUT2D eigenvalue weighted by molar-refractivity contribution is 9.10. The van der Waals surface area contributed by atoms with Crippen molar-refractivity contribution >= 4 is 22.2 Å². The van der Waals surface area contributed by atoms with Crippen LogP contribution in [0.5, 0.6) is 5.75 Å². The highest BCUT2D eigenvalue weighted by atomic mass is 79.9. The molecule has 0 aliphatic heterocycles. The van der Waals surface area contributed by atoms with E-state index in [1.807, 2.05) is 30.3 Å². The van der Waals surface area contributed by atoms with Crippen LogP contribution < -0.4 is 4.74 Å². The second-order valence-electron chi connectivity index (χ2n) is 3.67. The Morgan fingerprint density at radius 3 is 2.56 bits per heavy atom. The third-order valence-corrected chi connectivity index (χ3v) is 3.06. The first kappa shape index (κ1) is 12.8. The fourth-order valence-electron chi connectivity index (χ4n) is 1.52. The summed E-state index contributed by atoms with van der Waals surface area (Å²) in [5.74, 6) is -0.356. The molecule has 0 unspecified atom stereocenters. The molecule has 0 amide bonds. The SMILES string of the molecule is O=Cc1c(OCc2ccccc2)ccc(Br)c1F. The molecule has 0 heterocycles. The summed E-state index contributed by atoms with van der Waals surface area (Å²) < 4.78 is 19.3. The summed E-state index contributed by atoms with van der Waals surface area (Å²) in [6.07, 6.45) is 0.459. The Bertz CT molecular complexity index is 555. The van der Waals surface area contributed by atoms with E-state index in [9.17, 15) is 9.18 Å². The number of rotatable bonds is 4. The smallest absolute Gasteiger partial charge is 0.156 e. The molecule has 0 spiro atoms. The average molecular weight is 309 g/mol. The van der Waals surface area contributed by atoms with Gasteiger partial charge in [0.25, 0.3) is 0 Å². The average Bonchev–Trinajstić information content (AvgIpc) is 2.41. The molecule has 92 valence electrons. The topological polar surface area (TPSA) is 26.3 Å². The third-order valence-electron chi connectivity index (χ3n) is 2.45. The van der Waals surface area contributed by atoms with Crippen molar-refractivity contribution in [1.82, 2.24) is 0 Å². The summed E-state index contributed by atoms with van der Waals surface area (Å²) in [5, 5.41) is 0. The van der Waals surface area contributed by atoms with Gasteiger partial charge >= 0.3 is 0 Å². The maximum absolute atomic E-state index is 13.6. The molecule has 18 heavy (non-hydrogen) atoms. The van der Waals surface area contributed by atoms with Crippen molar-refractivity contribution in [3.8, 4) is 5.75 Å². The number of carbonyl (C=O) groups excluding carboxylic acids is 1. The standard InChI is InChI=1S/C14H10BrFO2/c15-12-6-7-13(11(8-17)14(12)16)18-9-10-4-2-1-3-5-10/h1-8H,9H2. The van der Waals surface area contributed by atoms with E-state index >= 15 is 0 Å². The molecule has 2 aromatic rings. The van der Waals surface area contributed by atoms with E-state index in [1.165, 1.54) is 6.07 Å². The molecule has 0 radical (unpaired) electrons. The molecule has 2 nitrogen and oxygen atoms in total. The van der Waals surface area contributed by atoms with Crippen LogP contribution in [0.3, 0.4) is 0 Å². The minimum atomic E-state index is -0.601. The van der Waals surface area contributed by atoms with Crippen LogP contribution in [0.4, 0.5) is 4.39 Å². The van der Waals surface area contributed by atoms with E-state index < -0.39 is 5.82 Å². The summed E-state index contributed by atoms with van der Waals surface area (Å²) in [5.41, 5.74) is 0.887. The summed E-state index contributed by atoms with van der Waals surface area (Å²) in [4.78, 5) is 10.9. The van der Waals surface area contributed by atoms with Gasteiger partial charge in [-0.05, 0) is 33.6 Å². The molecule has 0 atom stereocenters. The van der Waals surface area contributed by atoms with Crippen molar-refractivity contribution in [2.24, 2.45) is 0 Å². The lowest BCUT2D eigenvalue weighted by molar-refractivity contribution is 0.111. The Morgan fingerprint density at radius 1 is 1.17 bits per heavy atom. The molecular formula is C14H10BrFO2. The van der Waals surface area contributed by atoms with E-state index in [1.54, 1.807) is 6.07 Å². The normalized spacial score (nSPS) is 10.1.